The molecule has 130 valence electrons. The van der Waals surface area contributed by atoms with Crippen LogP contribution >= 0.6 is 0 Å². The Balaban J connectivity index is 1.91. The van der Waals surface area contributed by atoms with Crippen molar-refractivity contribution in [2.75, 3.05) is 23.7 Å². The first-order valence-corrected chi connectivity index (χ1v) is 9.68. The van der Waals surface area contributed by atoms with Crippen molar-refractivity contribution >= 4 is 15.7 Å². The average Bonchev–Trinajstić information content (AvgIpc) is 2.80. The molecule has 0 bridgehead atoms. The van der Waals surface area contributed by atoms with Gasteiger partial charge in [0.1, 0.15) is 5.82 Å². The number of anilines is 1. The number of nitrogens with zero attached hydrogens (tertiary/aromatic N) is 5. The van der Waals surface area contributed by atoms with Gasteiger partial charge in [-0.25, -0.2) is 18.1 Å². The molecule has 3 heterocycles. The van der Waals surface area contributed by atoms with Gasteiger partial charge in [0.25, 0.3) is 0 Å². The molecule has 0 aromatic carbocycles. The monoisotopic (exact) mass is 349 g/mol. The molecule has 0 unspecified atom stereocenters. The topological polar surface area (TPSA) is 81.0 Å². The van der Waals surface area contributed by atoms with Crippen LogP contribution in [0.25, 0.3) is 5.82 Å². The maximum atomic E-state index is 12.4. The van der Waals surface area contributed by atoms with E-state index in [4.69, 9.17) is 0 Å². The second-order valence-electron chi connectivity index (χ2n) is 6.89. The molecule has 0 N–H and O–H groups in total. The largest absolute Gasteiger partial charge is 0.354 e. The number of rotatable bonds is 2. The highest BCUT2D eigenvalue weighted by atomic mass is 32.2. The fourth-order valence-corrected chi connectivity index (χ4v) is 4.28. The highest BCUT2D eigenvalue weighted by Crippen LogP contribution is 2.27. The Morgan fingerprint density at radius 3 is 2.50 bits per heavy atom. The fourth-order valence-electron chi connectivity index (χ4n) is 2.87. The summed E-state index contributed by atoms with van der Waals surface area (Å²) in [6.45, 7) is 8.56. The SMILES string of the molecule is Cc1cc(C)n(-c2cncc(N3CCC(C)(C)S(=O)(=O)CC3)n2)n1. The van der Waals surface area contributed by atoms with Crippen LogP contribution in [-0.2, 0) is 9.84 Å². The van der Waals surface area contributed by atoms with Gasteiger partial charge >= 0.3 is 0 Å². The van der Waals surface area contributed by atoms with Crippen molar-refractivity contribution in [3.05, 3.63) is 29.8 Å². The molecule has 1 aliphatic rings. The van der Waals surface area contributed by atoms with Crippen LogP contribution in [0.15, 0.2) is 18.5 Å². The van der Waals surface area contributed by atoms with E-state index in [0.29, 0.717) is 31.1 Å². The van der Waals surface area contributed by atoms with Crippen LogP contribution in [0.5, 0.6) is 0 Å². The van der Waals surface area contributed by atoms with Crippen molar-refractivity contribution in [2.45, 2.75) is 38.9 Å². The van der Waals surface area contributed by atoms with Gasteiger partial charge in [-0.1, -0.05) is 0 Å². The molecule has 1 aliphatic heterocycles. The fraction of sp³-hybridized carbons (Fsp3) is 0.562. The first kappa shape index (κ1) is 16.9. The molecule has 3 rings (SSSR count). The normalized spacial score (nSPS) is 19.9. The lowest BCUT2D eigenvalue weighted by Crippen LogP contribution is -2.33. The van der Waals surface area contributed by atoms with Gasteiger partial charge in [-0.15, -0.1) is 0 Å². The Morgan fingerprint density at radius 1 is 1.12 bits per heavy atom. The first-order valence-electron chi connectivity index (χ1n) is 8.02. The van der Waals surface area contributed by atoms with E-state index < -0.39 is 14.6 Å². The third kappa shape index (κ3) is 3.02. The van der Waals surface area contributed by atoms with Crippen LogP contribution in [0.2, 0.25) is 0 Å². The summed E-state index contributed by atoms with van der Waals surface area (Å²) in [6.07, 6.45) is 3.92. The summed E-state index contributed by atoms with van der Waals surface area (Å²) >= 11 is 0. The quantitative estimate of drug-likeness (QED) is 0.820. The van der Waals surface area contributed by atoms with E-state index in [1.165, 1.54) is 0 Å². The summed E-state index contributed by atoms with van der Waals surface area (Å²) in [6, 6.07) is 1.98. The highest BCUT2D eigenvalue weighted by molar-refractivity contribution is 7.92. The molecule has 0 amide bonds. The lowest BCUT2D eigenvalue weighted by Gasteiger charge is -2.23. The molecule has 0 radical (unpaired) electrons. The molecule has 1 fully saturated rings. The number of hydrogen-bond acceptors (Lipinski definition) is 6. The van der Waals surface area contributed by atoms with Crippen molar-refractivity contribution in [2.24, 2.45) is 0 Å². The smallest absolute Gasteiger partial charge is 0.174 e. The van der Waals surface area contributed by atoms with Gasteiger partial charge < -0.3 is 4.90 Å². The zero-order valence-electron chi connectivity index (χ0n) is 14.5. The molecular formula is C16H23N5O2S. The van der Waals surface area contributed by atoms with Crippen LogP contribution < -0.4 is 4.90 Å². The molecule has 8 heteroatoms. The summed E-state index contributed by atoms with van der Waals surface area (Å²) < 4.78 is 25.8. The van der Waals surface area contributed by atoms with Crippen molar-refractivity contribution in [1.82, 2.24) is 19.7 Å². The van der Waals surface area contributed by atoms with Gasteiger partial charge in [0, 0.05) is 18.8 Å². The zero-order chi connectivity index (χ0) is 17.5. The minimum Gasteiger partial charge on any atom is -0.354 e. The van der Waals surface area contributed by atoms with Crippen molar-refractivity contribution < 1.29 is 8.42 Å². The standard InChI is InChI=1S/C16H23N5O2S/c1-12-9-13(2)21(19-12)15-11-17-10-14(18-15)20-6-5-16(3,4)24(22,23)8-7-20/h9-11H,5-8H2,1-4H3. The Hall–Kier alpha value is -1.96. The molecule has 24 heavy (non-hydrogen) atoms. The van der Waals surface area contributed by atoms with E-state index in [0.717, 1.165) is 11.4 Å². The van der Waals surface area contributed by atoms with Gasteiger partial charge in [0.15, 0.2) is 15.7 Å². The molecule has 7 nitrogen and oxygen atoms in total. The summed E-state index contributed by atoms with van der Waals surface area (Å²) in [5.41, 5.74) is 1.90. The van der Waals surface area contributed by atoms with E-state index in [-0.39, 0.29) is 5.75 Å². The Kier molecular flexibility index (Phi) is 4.11. The molecule has 2 aromatic heterocycles. The lowest BCUT2D eigenvalue weighted by molar-refractivity contribution is 0.538. The Labute approximate surface area is 142 Å². The molecule has 0 aliphatic carbocycles. The first-order chi connectivity index (χ1) is 11.2. The summed E-state index contributed by atoms with van der Waals surface area (Å²) in [5, 5.41) is 4.43. The highest BCUT2D eigenvalue weighted by Gasteiger charge is 2.37. The van der Waals surface area contributed by atoms with Crippen molar-refractivity contribution in [3.8, 4) is 5.82 Å². The predicted octanol–water partition coefficient (Wildman–Crippen LogP) is 1.68. The van der Waals surface area contributed by atoms with Crippen LogP contribution in [-0.4, -0.2) is 51.8 Å². The Bertz CT molecular complexity index is 857. The van der Waals surface area contributed by atoms with Crippen LogP contribution in [0.3, 0.4) is 0 Å². The second-order valence-corrected chi connectivity index (χ2v) is 9.63. The van der Waals surface area contributed by atoms with Crippen LogP contribution in [0, 0.1) is 13.8 Å². The maximum absolute atomic E-state index is 12.4. The van der Waals surface area contributed by atoms with Gasteiger partial charge in [-0.05, 0) is 40.2 Å². The van der Waals surface area contributed by atoms with Gasteiger partial charge in [-0.3, -0.25) is 4.98 Å². The number of hydrogen-bond donors (Lipinski definition) is 0. The lowest BCUT2D eigenvalue weighted by atomic mass is 10.1. The third-order valence-corrected chi connectivity index (χ3v) is 7.22. The maximum Gasteiger partial charge on any atom is 0.174 e. The van der Waals surface area contributed by atoms with E-state index >= 15 is 0 Å². The van der Waals surface area contributed by atoms with E-state index in [2.05, 4.69) is 15.1 Å². The number of aryl methyl sites for hydroxylation is 2. The van der Waals surface area contributed by atoms with E-state index in [1.807, 2.05) is 24.8 Å². The molecular weight excluding hydrogens is 326 g/mol. The minimum atomic E-state index is -3.11. The Morgan fingerprint density at radius 2 is 1.83 bits per heavy atom. The minimum absolute atomic E-state index is 0.131. The summed E-state index contributed by atoms with van der Waals surface area (Å²) in [7, 11) is -3.11. The molecule has 0 saturated carbocycles. The van der Waals surface area contributed by atoms with Crippen LogP contribution in [0.1, 0.15) is 31.7 Å². The molecule has 2 aromatic rings. The molecule has 1 saturated heterocycles. The predicted molar refractivity (Wildman–Crippen MR) is 93.3 cm³/mol. The third-order valence-electron chi connectivity index (χ3n) is 4.62. The molecule has 0 spiro atoms. The summed E-state index contributed by atoms with van der Waals surface area (Å²) in [5.74, 6) is 1.46. The zero-order valence-corrected chi connectivity index (χ0v) is 15.3. The second kappa shape index (κ2) is 5.84. The van der Waals surface area contributed by atoms with Crippen LogP contribution in [0.4, 0.5) is 5.82 Å². The number of sulfone groups is 1. The van der Waals surface area contributed by atoms with Gasteiger partial charge in [0.2, 0.25) is 0 Å². The number of aromatic nitrogens is 4. The summed E-state index contributed by atoms with van der Waals surface area (Å²) in [4.78, 5) is 10.9. The van der Waals surface area contributed by atoms with Gasteiger partial charge in [-0.2, -0.15) is 5.10 Å². The van der Waals surface area contributed by atoms with E-state index in [9.17, 15) is 8.42 Å². The van der Waals surface area contributed by atoms with E-state index in [1.54, 1.807) is 30.9 Å². The van der Waals surface area contributed by atoms with Crippen molar-refractivity contribution in [3.63, 3.8) is 0 Å². The van der Waals surface area contributed by atoms with Crippen molar-refractivity contribution in [1.29, 1.82) is 0 Å². The van der Waals surface area contributed by atoms with Gasteiger partial charge in [0.05, 0.1) is 28.6 Å². The molecule has 0 atom stereocenters. The average molecular weight is 349 g/mol.